The molecule has 0 aromatic heterocycles. The maximum atomic E-state index is 6.08. The summed E-state index contributed by atoms with van der Waals surface area (Å²) in [4.78, 5) is 2.71. The Hall–Kier alpha value is -0.0800. The molecule has 2 fully saturated rings. The smallest absolute Gasteiger partial charge is 0.00502 e. The highest BCUT2D eigenvalue weighted by molar-refractivity contribution is 4.89. The number of nitrogens with zero attached hydrogens (tertiary/aromatic N) is 1. The second-order valence-electron chi connectivity index (χ2n) is 6.44. The second kappa shape index (κ2) is 6.19. The molecule has 1 heterocycles. The highest BCUT2D eigenvalue weighted by Crippen LogP contribution is 2.37. The highest BCUT2D eigenvalue weighted by atomic mass is 15.2. The van der Waals surface area contributed by atoms with Crippen LogP contribution in [0.3, 0.4) is 0 Å². The molecule has 100 valence electrons. The maximum Gasteiger partial charge on any atom is 0.00502 e. The summed E-state index contributed by atoms with van der Waals surface area (Å²) >= 11 is 0. The van der Waals surface area contributed by atoms with Gasteiger partial charge in [0, 0.05) is 13.1 Å². The zero-order valence-corrected chi connectivity index (χ0v) is 11.6. The van der Waals surface area contributed by atoms with E-state index in [1.54, 1.807) is 0 Å². The zero-order valence-electron chi connectivity index (χ0n) is 11.6. The van der Waals surface area contributed by atoms with Crippen LogP contribution in [0.15, 0.2) is 0 Å². The van der Waals surface area contributed by atoms with Crippen molar-refractivity contribution in [1.82, 2.24) is 4.90 Å². The molecular formula is C15H30N2. The van der Waals surface area contributed by atoms with Gasteiger partial charge in [-0.25, -0.2) is 0 Å². The Morgan fingerprint density at radius 1 is 1.24 bits per heavy atom. The number of hydrogen-bond acceptors (Lipinski definition) is 2. The van der Waals surface area contributed by atoms with E-state index in [4.69, 9.17) is 5.73 Å². The molecule has 1 unspecified atom stereocenters. The van der Waals surface area contributed by atoms with Gasteiger partial charge in [-0.2, -0.15) is 0 Å². The summed E-state index contributed by atoms with van der Waals surface area (Å²) in [6.07, 6.45) is 11.2. The number of likely N-dealkylation sites (tertiary alicyclic amines) is 1. The second-order valence-corrected chi connectivity index (χ2v) is 6.44. The van der Waals surface area contributed by atoms with E-state index >= 15 is 0 Å². The van der Waals surface area contributed by atoms with Crippen molar-refractivity contribution in [2.75, 3.05) is 26.2 Å². The first-order chi connectivity index (χ1) is 8.28. The topological polar surface area (TPSA) is 29.3 Å². The summed E-state index contributed by atoms with van der Waals surface area (Å²) in [6.45, 7) is 7.17. The van der Waals surface area contributed by atoms with E-state index in [-0.39, 0.29) is 0 Å². The average Bonchev–Trinajstić information content (AvgIpc) is 2.78. The molecule has 2 aliphatic rings. The van der Waals surface area contributed by atoms with Gasteiger partial charge in [0.2, 0.25) is 0 Å². The van der Waals surface area contributed by atoms with Crippen LogP contribution in [0.25, 0.3) is 0 Å². The number of nitrogens with two attached hydrogens (primary N) is 1. The van der Waals surface area contributed by atoms with Crippen molar-refractivity contribution in [1.29, 1.82) is 0 Å². The van der Waals surface area contributed by atoms with Crippen LogP contribution in [0.4, 0.5) is 0 Å². The van der Waals surface area contributed by atoms with Gasteiger partial charge in [-0.3, -0.25) is 0 Å². The molecule has 2 rings (SSSR count). The molecule has 1 saturated heterocycles. The quantitative estimate of drug-likeness (QED) is 0.798. The molecule has 2 heteroatoms. The minimum Gasteiger partial charge on any atom is -0.330 e. The molecule has 2 N–H and O–H groups in total. The Morgan fingerprint density at radius 2 is 2.00 bits per heavy atom. The number of hydrogen-bond donors (Lipinski definition) is 1. The van der Waals surface area contributed by atoms with E-state index < -0.39 is 0 Å². The van der Waals surface area contributed by atoms with E-state index in [1.807, 2.05) is 0 Å². The van der Waals surface area contributed by atoms with E-state index in [0.717, 1.165) is 12.5 Å². The van der Waals surface area contributed by atoms with E-state index in [1.165, 1.54) is 71.0 Å². The Balaban J connectivity index is 1.83. The van der Waals surface area contributed by atoms with E-state index in [2.05, 4.69) is 11.8 Å². The third-order valence-electron chi connectivity index (χ3n) is 4.97. The van der Waals surface area contributed by atoms with Gasteiger partial charge >= 0.3 is 0 Å². The van der Waals surface area contributed by atoms with Crippen LogP contribution in [-0.2, 0) is 0 Å². The van der Waals surface area contributed by atoms with Crippen molar-refractivity contribution >= 4 is 0 Å². The largest absolute Gasteiger partial charge is 0.330 e. The van der Waals surface area contributed by atoms with Crippen molar-refractivity contribution in [3.63, 3.8) is 0 Å². The van der Waals surface area contributed by atoms with Crippen LogP contribution >= 0.6 is 0 Å². The summed E-state index contributed by atoms with van der Waals surface area (Å²) in [5.74, 6) is 0.971. The summed E-state index contributed by atoms with van der Waals surface area (Å²) in [7, 11) is 0. The molecule has 1 saturated carbocycles. The molecule has 2 nitrogen and oxygen atoms in total. The van der Waals surface area contributed by atoms with Gasteiger partial charge in [-0.1, -0.05) is 32.6 Å². The van der Waals surface area contributed by atoms with Crippen LogP contribution in [0, 0.1) is 11.3 Å². The predicted molar refractivity (Wildman–Crippen MR) is 74.0 cm³/mol. The molecule has 0 bridgehead atoms. The van der Waals surface area contributed by atoms with E-state index in [9.17, 15) is 0 Å². The fourth-order valence-corrected chi connectivity index (χ4v) is 3.90. The molecule has 0 amide bonds. The molecule has 1 aliphatic carbocycles. The van der Waals surface area contributed by atoms with Gasteiger partial charge < -0.3 is 10.6 Å². The predicted octanol–water partition coefficient (Wildman–Crippen LogP) is 3.02. The fraction of sp³-hybridized carbons (Fsp3) is 1.00. The fourth-order valence-electron chi connectivity index (χ4n) is 3.90. The van der Waals surface area contributed by atoms with Crippen molar-refractivity contribution < 1.29 is 0 Å². The van der Waals surface area contributed by atoms with Gasteiger partial charge in [0.1, 0.15) is 0 Å². The lowest BCUT2D eigenvalue weighted by Gasteiger charge is -2.39. The van der Waals surface area contributed by atoms with Gasteiger partial charge in [0.05, 0.1) is 0 Å². The van der Waals surface area contributed by atoms with E-state index in [0.29, 0.717) is 5.41 Å². The minimum absolute atomic E-state index is 0.472. The molecule has 1 aliphatic heterocycles. The Morgan fingerprint density at radius 3 is 2.65 bits per heavy atom. The van der Waals surface area contributed by atoms with Crippen LogP contribution in [0.1, 0.15) is 58.3 Å². The Kier molecular flexibility index (Phi) is 4.87. The van der Waals surface area contributed by atoms with Crippen LogP contribution < -0.4 is 5.73 Å². The van der Waals surface area contributed by atoms with Crippen LogP contribution in [0.5, 0.6) is 0 Å². The summed E-state index contributed by atoms with van der Waals surface area (Å²) in [5.41, 5.74) is 6.55. The lowest BCUT2D eigenvalue weighted by atomic mass is 9.74. The highest BCUT2D eigenvalue weighted by Gasteiger charge is 2.34. The SMILES string of the molecule is CCCC1CCN(CC2(CN)CCCCC2)C1. The summed E-state index contributed by atoms with van der Waals surface area (Å²) in [6, 6.07) is 0. The molecule has 17 heavy (non-hydrogen) atoms. The third-order valence-corrected chi connectivity index (χ3v) is 4.97. The maximum absolute atomic E-state index is 6.08. The van der Waals surface area contributed by atoms with Crippen LogP contribution in [0.2, 0.25) is 0 Å². The first kappa shape index (κ1) is 13.4. The zero-order chi connectivity index (χ0) is 12.1. The molecule has 0 aromatic carbocycles. The van der Waals surface area contributed by atoms with Crippen molar-refractivity contribution in [3.8, 4) is 0 Å². The van der Waals surface area contributed by atoms with Gasteiger partial charge in [0.25, 0.3) is 0 Å². The van der Waals surface area contributed by atoms with Gasteiger partial charge in [-0.05, 0) is 50.1 Å². The first-order valence-electron chi connectivity index (χ1n) is 7.70. The van der Waals surface area contributed by atoms with Gasteiger partial charge in [-0.15, -0.1) is 0 Å². The molecule has 0 aromatic rings. The molecular weight excluding hydrogens is 208 g/mol. The Bertz CT molecular complexity index is 221. The monoisotopic (exact) mass is 238 g/mol. The Labute approximate surface area is 107 Å². The first-order valence-corrected chi connectivity index (χ1v) is 7.70. The summed E-state index contributed by atoms with van der Waals surface area (Å²) in [5, 5.41) is 0. The van der Waals surface area contributed by atoms with Gasteiger partial charge in [0.15, 0.2) is 0 Å². The molecule has 1 atom stereocenters. The molecule has 0 radical (unpaired) electrons. The van der Waals surface area contributed by atoms with Crippen molar-refractivity contribution in [2.24, 2.45) is 17.1 Å². The normalized spacial score (nSPS) is 29.6. The lowest BCUT2D eigenvalue weighted by Crippen LogP contribution is -2.43. The van der Waals surface area contributed by atoms with Crippen molar-refractivity contribution in [3.05, 3.63) is 0 Å². The lowest BCUT2D eigenvalue weighted by molar-refractivity contribution is 0.124. The summed E-state index contributed by atoms with van der Waals surface area (Å²) < 4.78 is 0. The molecule has 0 spiro atoms. The third kappa shape index (κ3) is 3.45. The average molecular weight is 238 g/mol. The van der Waals surface area contributed by atoms with Crippen LogP contribution in [-0.4, -0.2) is 31.1 Å². The minimum atomic E-state index is 0.472. The standard InChI is InChI=1S/C15H30N2/c1-2-6-14-7-10-17(11-14)13-15(12-16)8-4-3-5-9-15/h14H,2-13,16H2,1H3. The number of rotatable bonds is 5. The van der Waals surface area contributed by atoms with Crippen molar-refractivity contribution in [2.45, 2.75) is 58.3 Å².